The minimum absolute atomic E-state index is 0.208. The Balaban J connectivity index is 1.49. The lowest BCUT2D eigenvalue weighted by molar-refractivity contribution is -0.274. The molecule has 0 saturated heterocycles. The van der Waals surface area contributed by atoms with Crippen molar-refractivity contribution in [1.29, 1.82) is 0 Å². The van der Waals surface area contributed by atoms with Crippen LogP contribution in [0.2, 0.25) is 0 Å². The number of aliphatic hydroxyl groups excluding tert-OH is 1. The van der Waals surface area contributed by atoms with E-state index in [4.69, 9.17) is 5.10 Å². The Morgan fingerprint density at radius 3 is 2.36 bits per heavy atom. The maximum absolute atomic E-state index is 12.6. The molecule has 3 aromatic rings. The van der Waals surface area contributed by atoms with Crippen LogP contribution in [-0.4, -0.2) is 52.9 Å². The number of nitrogens with one attached hydrogen (secondary N) is 1. The van der Waals surface area contributed by atoms with Crippen molar-refractivity contribution in [1.82, 2.24) is 15.1 Å². The van der Waals surface area contributed by atoms with Crippen LogP contribution >= 0.6 is 0 Å². The number of methoxy groups -OCH3 is 1. The summed E-state index contributed by atoms with van der Waals surface area (Å²) in [6.07, 6.45) is -0.374. The fourth-order valence-electron chi connectivity index (χ4n) is 4.67. The molecule has 208 valence electrons. The number of ether oxygens (including phenoxy) is 2. The number of halogens is 3. The third-order valence-corrected chi connectivity index (χ3v) is 6.62. The summed E-state index contributed by atoms with van der Waals surface area (Å²) in [5.41, 5.74) is 3.65. The molecule has 0 spiro atoms. The molecule has 39 heavy (non-hydrogen) atoms. The number of hydrogen-bond donors (Lipinski definition) is 2. The summed E-state index contributed by atoms with van der Waals surface area (Å²) in [4.78, 5) is 23.6. The Morgan fingerprint density at radius 1 is 1.08 bits per heavy atom. The minimum atomic E-state index is -4.75. The van der Waals surface area contributed by atoms with Gasteiger partial charge in [-0.25, -0.2) is 4.79 Å². The van der Waals surface area contributed by atoms with Crippen molar-refractivity contribution in [2.45, 2.75) is 57.0 Å². The van der Waals surface area contributed by atoms with Crippen LogP contribution in [0.1, 0.15) is 59.8 Å². The molecule has 1 amide bonds. The molecular formula is C28H30F3N3O5. The summed E-state index contributed by atoms with van der Waals surface area (Å²) in [6.45, 7) is -0.266. The van der Waals surface area contributed by atoms with E-state index in [0.717, 1.165) is 55.3 Å². The highest BCUT2D eigenvalue weighted by Crippen LogP contribution is 2.34. The van der Waals surface area contributed by atoms with Gasteiger partial charge >= 0.3 is 12.3 Å². The summed E-state index contributed by atoms with van der Waals surface area (Å²) in [5.74, 6) is -1.55. The second kappa shape index (κ2) is 12.3. The third-order valence-electron chi connectivity index (χ3n) is 6.62. The van der Waals surface area contributed by atoms with Crippen molar-refractivity contribution >= 4 is 11.9 Å². The van der Waals surface area contributed by atoms with E-state index in [9.17, 15) is 27.9 Å². The van der Waals surface area contributed by atoms with Crippen LogP contribution in [0.25, 0.3) is 11.3 Å². The van der Waals surface area contributed by atoms with Crippen LogP contribution in [-0.2, 0) is 16.0 Å². The Labute approximate surface area is 223 Å². The van der Waals surface area contributed by atoms with Gasteiger partial charge in [0.1, 0.15) is 5.75 Å². The number of benzene rings is 2. The Kier molecular flexibility index (Phi) is 8.90. The Bertz CT molecular complexity index is 1270. The van der Waals surface area contributed by atoms with Gasteiger partial charge in [0.2, 0.25) is 0 Å². The predicted molar refractivity (Wildman–Crippen MR) is 136 cm³/mol. The van der Waals surface area contributed by atoms with E-state index in [1.165, 1.54) is 18.6 Å². The third kappa shape index (κ3) is 7.60. The molecule has 1 aliphatic carbocycles. The Hall–Kier alpha value is -3.86. The zero-order valence-corrected chi connectivity index (χ0v) is 21.4. The summed E-state index contributed by atoms with van der Waals surface area (Å²) in [7, 11) is 1.15. The van der Waals surface area contributed by atoms with E-state index in [1.54, 1.807) is 36.4 Å². The van der Waals surface area contributed by atoms with E-state index < -0.39 is 24.3 Å². The van der Waals surface area contributed by atoms with Gasteiger partial charge in [-0.15, -0.1) is 13.2 Å². The fraction of sp³-hybridized carbons (Fsp3) is 0.393. The highest BCUT2D eigenvalue weighted by molar-refractivity contribution is 5.94. The number of esters is 1. The summed E-state index contributed by atoms with van der Waals surface area (Å²) < 4.78 is 48.2. The molecule has 1 fully saturated rings. The first-order valence-corrected chi connectivity index (χ1v) is 12.7. The molecule has 1 atom stereocenters. The van der Waals surface area contributed by atoms with Crippen molar-refractivity contribution in [3.05, 3.63) is 71.4 Å². The van der Waals surface area contributed by atoms with Gasteiger partial charge in [-0.1, -0.05) is 31.4 Å². The summed E-state index contributed by atoms with van der Waals surface area (Å²) in [5, 5.41) is 17.0. The number of amides is 1. The number of aromatic nitrogens is 2. The van der Waals surface area contributed by atoms with Gasteiger partial charge in [0, 0.05) is 17.5 Å². The summed E-state index contributed by atoms with van der Waals surface area (Å²) in [6, 6.07) is 14.9. The van der Waals surface area contributed by atoms with Gasteiger partial charge in [-0.3, -0.25) is 9.48 Å². The van der Waals surface area contributed by atoms with E-state index >= 15 is 0 Å². The second-order valence-corrected chi connectivity index (χ2v) is 9.45. The monoisotopic (exact) mass is 545 g/mol. The predicted octanol–water partition coefficient (Wildman–Crippen LogP) is 4.81. The fourth-order valence-corrected chi connectivity index (χ4v) is 4.67. The number of carbonyl (C=O) groups is 2. The molecule has 1 aromatic heterocycles. The van der Waals surface area contributed by atoms with Crippen molar-refractivity contribution in [3.8, 4) is 17.0 Å². The average molecular weight is 546 g/mol. The lowest BCUT2D eigenvalue weighted by atomic mass is 9.95. The maximum Gasteiger partial charge on any atom is 0.573 e. The van der Waals surface area contributed by atoms with Crippen molar-refractivity contribution < 1.29 is 37.3 Å². The summed E-state index contributed by atoms with van der Waals surface area (Å²) >= 11 is 0. The molecule has 0 radical (unpaired) electrons. The van der Waals surface area contributed by atoms with E-state index in [2.05, 4.69) is 14.8 Å². The van der Waals surface area contributed by atoms with Crippen LogP contribution in [0.3, 0.4) is 0 Å². The first-order chi connectivity index (χ1) is 18.6. The molecule has 8 nitrogen and oxygen atoms in total. The molecule has 2 N–H and O–H groups in total. The average Bonchev–Trinajstić information content (AvgIpc) is 3.35. The van der Waals surface area contributed by atoms with Crippen LogP contribution in [0.4, 0.5) is 13.2 Å². The lowest BCUT2D eigenvalue weighted by Gasteiger charge is -2.24. The van der Waals surface area contributed by atoms with Gasteiger partial charge in [0.15, 0.2) is 6.10 Å². The van der Waals surface area contributed by atoms with E-state index in [0.29, 0.717) is 12.0 Å². The van der Waals surface area contributed by atoms with Crippen molar-refractivity contribution in [2.24, 2.45) is 0 Å². The molecule has 4 rings (SSSR count). The number of nitrogens with zero attached hydrogens (tertiary/aromatic N) is 2. The largest absolute Gasteiger partial charge is 0.573 e. The van der Waals surface area contributed by atoms with E-state index in [-0.39, 0.29) is 18.3 Å². The number of rotatable bonds is 9. The molecule has 2 aromatic carbocycles. The molecule has 1 unspecified atom stereocenters. The quantitative estimate of drug-likeness (QED) is 0.374. The topological polar surface area (TPSA) is 103 Å². The van der Waals surface area contributed by atoms with Crippen molar-refractivity contribution in [2.75, 3.05) is 13.7 Å². The lowest BCUT2D eigenvalue weighted by Crippen LogP contribution is -2.37. The van der Waals surface area contributed by atoms with Gasteiger partial charge in [-0.2, -0.15) is 5.10 Å². The maximum atomic E-state index is 12.6. The number of alkyl halides is 3. The second-order valence-electron chi connectivity index (χ2n) is 9.45. The molecule has 11 heteroatoms. The smallest absolute Gasteiger partial charge is 0.467 e. The normalized spacial score (nSPS) is 15.0. The molecule has 0 aliphatic heterocycles. The van der Waals surface area contributed by atoms with Crippen LogP contribution in [0.5, 0.6) is 5.75 Å². The van der Waals surface area contributed by atoms with Gasteiger partial charge in [0.05, 0.1) is 31.1 Å². The molecule has 1 heterocycles. The van der Waals surface area contributed by atoms with Crippen LogP contribution < -0.4 is 10.1 Å². The van der Waals surface area contributed by atoms with Crippen LogP contribution in [0.15, 0.2) is 54.6 Å². The Morgan fingerprint density at radius 2 is 1.74 bits per heavy atom. The number of hydrogen-bond acceptors (Lipinski definition) is 6. The zero-order valence-electron chi connectivity index (χ0n) is 21.4. The van der Waals surface area contributed by atoms with Gasteiger partial charge in [-0.05, 0) is 60.9 Å². The minimum Gasteiger partial charge on any atom is -0.467 e. The standard InChI is InChI=1S/C28H30F3N3O5/c1-38-27(37)25(35)17-32-26(36)20-9-7-18(8-10-20)15-21-16-24(34(33-21)22-5-3-2-4-6-22)19-11-13-23(14-12-19)39-28(29,30)31/h7-14,16,22,25,35H,2-6,15,17H2,1H3,(H,32,36). The van der Waals surface area contributed by atoms with Gasteiger partial charge < -0.3 is 19.9 Å². The highest BCUT2D eigenvalue weighted by Gasteiger charge is 2.31. The first kappa shape index (κ1) is 28.2. The molecular weight excluding hydrogens is 515 g/mol. The first-order valence-electron chi connectivity index (χ1n) is 12.7. The SMILES string of the molecule is COC(=O)C(O)CNC(=O)c1ccc(Cc2cc(-c3ccc(OC(F)(F)F)cc3)n(C3CCCCC3)n2)cc1. The van der Waals surface area contributed by atoms with Gasteiger partial charge in [0.25, 0.3) is 5.91 Å². The molecule has 1 aliphatic rings. The molecule has 1 saturated carbocycles. The number of aliphatic hydroxyl groups is 1. The molecule has 0 bridgehead atoms. The number of carbonyl (C=O) groups excluding carboxylic acids is 2. The van der Waals surface area contributed by atoms with E-state index in [1.807, 2.05) is 10.7 Å². The van der Waals surface area contributed by atoms with Crippen LogP contribution in [0, 0.1) is 0 Å². The zero-order chi connectivity index (χ0) is 28.0. The highest BCUT2D eigenvalue weighted by atomic mass is 19.4. The van der Waals surface area contributed by atoms with Crippen molar-refractivity contribution in [3.63, 3.8) is 0 Å².